The first kappa shape index (κ1) is 11.5. The lowest BCUT2D eigenvalue weighted by Gasteiger charge is -2.31. The van der Waals surface area contributed by atoms with Gasteiger partial charge in [-0.2, -0.15) is 0 Å². The summed E-state index contributed by atoms with van der Waals surface area (Å²) in [5.74, 6) is 0. The van der Waals surface area contributed by atoms with Crippen molar-refractivity contribution >= 4 is 5.69 Å². The summed E-state index contributed by atoms with van der Waals surface area (Å²) in [6.07, 6.45) is 1.22. The minimum atomic E-state index is 0.574. The van der Waals surface area contributed by atoms with Crippen LogP contribution in [0.4, 0.5) is 5.69 Å². The molecule has 88 valence electrons. The maximum absolute atomic E-state index is 3.55. The average molecular weight is 218 g/mol. The van der Waals surface area contributed by atoms with E-state index in [4.69, 9.17) is 0 Å². The Kier molecular flexibility index (Phi) is 3.49. The van der Waals surface area contributed by atoms with Gasteiger partial charge in [0.05, 0.1) is 0 Å². The van der Waals surface area contributed by atoms with Crippen molar-refractivity contribution in [3.05, 3.63) is 29.8 Å². The molecule has 1 aliphatic heterocycles. The summed E-state index contributed by atoms with van der Waals surface area (Å²) in [6.45, 7) is 9.03. The van der Waals surface area contributed by atoms with Crippen LogP contribution < -0.4 is 10.2 Å². The van der Waals surface area contributed by atoms with Crippen LogP contribution in [0, 0.1) is 6.92 Å². The molecule has 2 unspecified atom stereocenters. The zero-order valence-corrected chi connectivity index (χ0v) is 10.5. The van der Waals surface area contributed by atoms with Crippen LogP contribution in [0.3, 0.4) is 0 Å². The summed E-state index contributed by atoms with van der Waals surface area (Å²) in [5.41, 5.74) is 2.77. The topological polar surface area (TPSA) is 15.3 Å². The Balaban J connectivity index is 2.26. The van der Waals surface area contributed by atoms with Gasteiger partial charge in [-0.25, -0.2) is 0 Å². The van der Waals surface area contributed by atoms with Gasteiger partial charge in [0.1, 0.15) is 0 Å². The molecule has 1 aromatic rings. The first-order valence-corrected chi connectivity index (χ1v) is 6.24. The highest BCUT2D eigenvalue weighted by Crippen LogP contribution is 2.24. The van der Waals surface area contributed by atoms with Gasteiger partial charge in [0.2, 0.25) is 0 Å². The molecule has 0 radical (unpaired) electrons. The lowest BCUT2D eigenvalue weighted by atomic mass is 10.1. The van der Waals surface area contributed by atoms with Gasteiger partial charge < -0.3 is 10.2 Å². The van der Waals surface area contributed by atoms with E-state index in [9.17, 15) is 0 Å². The van der Waals surface area contributed by atoms with Crippen molar-refractivity contribution in [3.8, 4) is 0 Å². The van der Waals surface area contributed by atoms with E-state index < -0.39 is 0 Å². The predicted molar refractivity (Wildman–Crippen MR) is 70.1 cm³/mol. The third-order valence-corrected chi connectivity index (χ3v) is 3.48. The molecule has 1 aromatic carbocycles. The van der Waals surface area contributed by atoms with Crippen LogP contribution in [0.1, 0.15) is 25.8 Å². The summed E-state index contributed by atoms with van der Waals surface area (Å²) < 4.78 is 0. The Bertz CT molecular complexity index is 348. The van der Waals surface area contributed by atoms with Gasteiger partial charge in [0.15, 0.2) is 0 Å². The van der Waals surface area contributed by atoms with Gasteiger partial charge in [-0.1, -0.05) is 18.2 Å². The molecular formula is C14H22N2. The summed E-state index contributed by atoms with van der Waals surface area (Å²) in [5, 5.41) is 3.55. The first-order chi connectivity index (χ1) is 7.68. The van der Waals surface area contributed by atoms with Crippen LogP contribution >= 0.6 is 0 Å². The smallest absolute Gasteiger partial charge is 0.0398 e. The fourth-order valence-electron chi connectivity index (χ4n) is 2.46. The van der Waals surface area contributed by atoms with Crippen LogP contribution in [0.15, 0.2) is 24.3 Å². The second kappa shape index (κ2) is 4.88. The Morgan fingerprint density at radius 3 is 2.75 bits per heavy atom. The van der Waals surface area contributed by atoms with E-state index in [1.165, 1.54) is 17.7 Å². The first-order valence-electron chi connectivity index (χ1n) is 6.24. The molecule has 2 nitrogen and oxygen atoms in total. The number of nitrogens with one attached hydrogen (secondary N) is 1. The molecule has 16 heavy (non-hydrogen) atoms. The molecule has 1 saturated heterocycles. The highest BCUT2D eigenvalue weighted by Gasteiger charge is 2.21. The van der Waals surface area contributed by atoms with E-state index in [0.717, 1.165) is 13.1 Å². The third-order valence-electron chi connectivity index (χ3n) is 3.48. The van der Waals surface area contributed by atoms with E-state index in [1.54, 1.807) is 0 Å². The monoisotopic (exact) mass is 218 g/mol. The largest absolute Gasteiger partial charge is 0.367 e. The fourth-order valence-corrected chi connectivity index (χ4v) is 2.46. The van der Waals surface area contributed by atoms with Crippen molar-refractivity contribution < 1.29 is 0 Å². The molecule has 0 saturated carbocycles. The van der Waals surface area contributed by atoms with Crippen molar-refractivity contribution in [2.45, 2.75) is 39.3 Å². The highest BCUT2D eigenvalue weighted by atomic mass is 15.2. The zero-order valence-electron chi connectivity index (χ0n) is 10.5. The molecule has 0 aliphatic carbocycles. The quantitative estimate of drug-likeness (QED) is 0.779. The van der Waals surface area contributed by atoms with Crippen LogP contribution in [-0.2, 0) is 0 Å². The molecule has 1 heterocycles. The molecule has 0 spiro atoms. The van der Waals surface area contributed by atoms with Gasteiger partial charge in [-0.05, 0) is 45.4 Å². The SMILES string of the molecule is Cc1ccccc1N1CC(C)NCCC1C. The highest BCUT2D eigenvalue weighted by molar-refractivity contribution is 5.54. The molecular weight excluding hydrogens is 196 g/mol. The maximum Gasteiger partial charge on any atom is 0.0398 e. The second-order valence-electron chi connectivity index (χ2n) is 4.93. The molecule has 0 amide bonds. The Morgan fingerprint density at radius 2 is 2.00 bits per heavy atom. The van der Waals surface area contributed by atoms with Crippen molar-refractivity contribution in [1.82, 2.24) is 5.32 Å². The van der Waals surface area contributed by atoms with Crippen molar-refractivity contribution in [2.24, 2.45) is 0 Å². The number of rotatable bonds is 1. The van der Waals surface area contributed by atoms with Crippen molar-refractivity contribution in [1.29, 1.82) is 0 Å². The summed E-state index contributed by atoms with van der Waals surface area (Å²) in [6, 6.07) is 9.89. The molecule has 2 rings (SSSR count). The Morgan fingerprint density at radius 1 is 1.25 bits per heavy atom. The van der Waals surface area contributed by atoms with Crippen LogP contribution in [0.2, 0.25) is 0 Å². The van der Waals surface area contributed by atoms with E-state index in [2.05, 4.69) is 55.3 Å². The summed E-state index contributed by atoms with van der Waals surface area (Å²) in [7, 11) is 0. The van der Waals surface area contributed by atoms with Crippen molar-refractivity contribution in [2.75, 3.05) is 18.0 Å². The van der Waals surface area contributed by atoms with Crippen molar-refractivity contribution in [3.63, 3.8) is 0 Å². The molecule has 2 atom stereocenters. The molecule has 1 fully saturated rings. The van der Waals surface area contributed by atoms with Gasteiger partial charge in [0.25, 0.3) is 0 Å². The Hall–Kier alpha value is -1.02. The number of para-hydroxylation sites is 1. The second-order valence-corrected chi connectivity index (χ2v) is 4.93. The number of benzene rings is 1. The van der Waals surface area contributed by atoms with E-state index in [-0.39, 0.29) is 0 Å². The predicted octanol–water partition coefficient (Wildman–Crippen LogP) is 2.57. The van der Waals surface area contributed by atoms with Gasteiger partial charge in [-0.3, -0.25) is 0 Å². The molecule has 1 aliphatic rings. The number of nitrogens with zero attached hydrogens (tertiary/aromatic N) is 1. The number of aryl methyl sites for hydroxylation is 1. The number of anilines is 1. The molecule has 0 bridgehead atoms. The van der Waals surface area contributed by atoms with Crippen LogP contribution in [0.5, 0.6) is 0 Å². The lowest BCUT2D eigenvalue weighted by molar-refractivity contribution is 0.584. The van der Waals surface area contributed by atoms with E-state index in [0.29, 0.717) is 12.1 Å². The van der Waals surface area contributed by atoms with Gasteiger partial charge in [-0.15, -0.1) is 0 Å². The van der Waals surface area contributed by atoms with Crippen LogP contribution in [0.25, 0.3) is 0 Å². The van der Waals surface area contributed by atoms with Gasteiger partial charge in [0, 0.05) is 24.3 Å². The maximum atomic E-state index is 3.55. The third kappa shape index (κ3) is 2.38. The zero-order chi connectivity index (χ0) is 11.5. The normalized spacial score (nSPS) is 26.6. The molecule has 2 heteroatoms. The average Bonchev–Trinajstić information content (AvgIpc) is 2.42. The van der Waals surface area contributed by atoms with Gasteiger partial charge >= 0.3 is 0 Å². The van der Waals surface area contributed by atoms with Crippen LogP contribution in [-0.4, -0.2) is 25.2 Å². The van der Waals surface area contributed by atoms with E-state index >= 15 is 0 Å². The summed E-state index contributed by atoms with van der Waals surface area (Å²) in [4.78, 5) is 2.54. The van der Waals surface area contributed by atoms with E-state index in [1.807, 2.05) is 0 Å². The number of hydrogen-bond acceptors (Lipinski definition) is 2. The fraction of sp³-hybridized carbons (Fsp3) is 0.571. The minimum Gasteiger partial charge on any atom is -0.367 e. The number of hydrogen-bond donors (Lipinski definition) is 1. The standard InChI is InChI=1S/C14H22N2/c1-11-6-4-5-7-14(11)16-10-12(2)15-9-8-13(16)3/h4-7,12-13,15H,8-10H2,1-3H3. The summed E-state index contributed by atoms with van der Waals surface area (Å²) >= 11 is 0. The molecule has 0 aromatic heterocycles. The Labute approximate surface area is 98.7 Å². The minimum absolute atomic E-state index is 0.574. The lowest BCUT2D eigenvalue weighted by Crippen LogP contribution is -2.38. The molecule has 1 N–H and O–H groups in total.